The van der Waals surface area contributed by atoms with Crippen LogP contribution in [0.2, 0.25) is 0 Å². The first-order valence-corrected chi connectivity index (χ1v) is 7.44. The van der Waals surface area contributed by atoms with Crippen LogP contribution in [0.1, 0.15) is 26.2 Å². The van der Waals surface area contributed by atoms with Gasteiger partial charge in [0.15, 0.2) is 11.6 Å². The first-order valence-electron chi connectivity index (χ1n) is 6.65. The maximum Gasteiger partial charge on any atom is 0.230 e. The standard InChI is InChI=1S/C14H17BrF2N2O/c1-2-14(3-5-18-6-4-14)13(20)19-12-10(16)7-9(15)8-11(12)17/h7-8,18H,2-6H2,1H3,(H,19,20). The highest BCUT2D eigenvalue weighted by molar-refractivity contribution is 9.10. The van der Waals surface area contributed by atoms with Crippen LogP contribution in [0, 0.1) is 17.0 Å². The number of rotatable bonds is 3. The molecular weight excluding hydrogens is 330 g/mol. The Morgan fingerprint density at radius 3 is 2.40 bits per heavy atom. The Morgan fingerprint density at radius 2 is 1.90 bits per heavy atom. The van der Waals surface area contributed by atoms with Crippen LogP contribution in [-0.4, -0.2) is 19.0 Å². The van der Waals surface area contributed by atoms with Crippen molar-refractivity contribution in [3.63, 3.8) is 0 Å². The van der Waals surface area contributed by atoms with Crippen molar-refractivity contribution in [2.75, 3.05) is 18.4 Å². The second-order valence-corrected chi connectivity index (χ2v) is 6.00. The molecule has 1 aliphatic rings. The predicted molar refractivity (Wildman–Crippen MR) is 77.5 cm³/mol. The van der Waals surface area contributed by atoms with E-state index >= 15 is 0 Å². The summed E-state index contributed by atoms with van der Waals surface area (Å²) in [6, 6.07) is 2.28. The van der Waals surface area contributed by atoms with Gasteiger partial charge in [-0.3, -0.25) is 4.79 Å². The molecule has 1 aromatic carbocycles. The lowest BCUT2D eigenvalue weighted by Gasteiger charge is -2.35. The molecule has 0 unspecified atom stereocenters. The summed E-state index contributed by atoms with van der Waals surface area (Å²) in [5, 5.41) is 5.62. The van der Waals surface area contributed by atoms with E-state index in [1.54, 1.807) is 0 Å². The maximum absolute atomic E-state index is 13.8. The van der Waals surface area contributed by atoms with Crippen molar-refractivity contribution in [1.29, 1.82) is 0 Å². The largest absolute Gasteiger partial charge is 0.321 e. The molecule has 1 saturated heterocycles. The number of hydrogen-bond donors (Lipinski definition) is 2. The molecule has 0 radical (unpaired) electrons. The molecule has 0 spiro atoms. The summed E-state index contributed by atoms with van der Waals surface area (Å²) in [6.45, 7) is 3.42. The van der Waals surface area contributed by atoms with E-state index in [2.05, 4.69) is 26.6 Å². The Hall–Kier alpha value is -1.01. The lowest BCUT2D eigenvalue weighted by Crippen LogP contribution is -2.44. The lowest BCUT2D eigenvalue weighted by atomic mass is 9.76. The molecule has 1 heterocycles. The van der Waals surface area contributed by atoms with E-state index in [4.69, 9.17) is 0 Å². The van der Waals surface area contributed by atoms with Crippen molar-refractivity contribution >= 4 is 27.5 Å². The average Bonchev–Trinajstić information content (AvgIpc) is 2.43. The van der Waals surface area contributed by atoms with Gasteiger partial charge in [0.05, 0.1) is 5.41 Å². The van der Waals surface area contributed by atoms with Gasteiger partial charge >= 0.3 is 0 Å². The van der Waals surface area contributed by atoms with E-state index in [1.165, 1.54) is 0 Å². The van der Waals surface area contributed by atoms with Gasteiger partial charge in [-0.15, -0.1) is 0 Å². The minimum atomic E-state index is -0.773. The molecule has 3 nitrogen and oxygen atoms in total. The van der Waals surface area contributed by atoms with Crippen LogP contribution in [0.3, 0.4) is 0 Å². The lowest BCUT2D eigenvalue weighted by molar-refractivity contribution is -0.127. The van der Waals surface area contributed by atoms with Gasteiger partial charge in [0.1, 0.15) is 5.69 Å². The van der Waals surface area contributed by atoms with E-state index in [-0.39, 0.29) is 11.6 Å². The fourth-order valence-corrected chi connectivity index (χ4v) is 2.96. The molecule has 0 bridgehead atoms. The van der Waals surface area contributed by atoms with Gasteiger partial charge in [-0.05, 0) is 44.5 Å². The van der Waals surface area contributed by atoms with E-state index in [0.29, 0.717) is 23.7 Å². The van der Waals surface area contributed by atoms with Crippen LogP contribution in [0.25, 0.3) is 0 Å². The first kappa shape index (κ1) is 15.4. The number of hydrogen-bond acceptors (Lipinski definition) is 2. The summed E-state index contributed by atoms with van der Waals surface area (Å²) in [5.74, 6) is -1.85. The van der Waals surface area contributed by atoms with Gasteiger partial charge < -0.3 is 10.6 Å². The zero-order valence-electron chi connectivity index (χ0n) is 11.2. The number of halogens is 3. The number of carbonyl (C=O) groups is 1. The molecule has 20 heavy (non-hydrogen) atoms. The SMILES string of the molecule is CCC1(C(=O)Nc2c(F)cc(Br)cc2F)CCNCC1. The maximum atomic E-state index is 13.8. The molecule has 1 amide bonds. The highest BCUT2D eigenvalue weighted by atomic mass is 79.9. The molecule has 1 aromatic rings. The number of amides is 1. The van der Waals surface area contributed by atoms with Crippen LogP contribution in [0.5, 0.6) is 0 Å². The summed E-state index contributed by atoms with van der Waals surface area (Å²) in [6.07, 6.45) is 2.00. The highest BCUT2D eigenvalue weighted by Gasteiger charge is 2.38. The topological polar surface area (TPSA) is 41.1 Å². The normalized spacial score (nSPS) is 17.8. The molecule has 0 aromatic heterocycles. The number of nitrogens with one attached hydrogen (secondary N) is 2. The van der Waals surface area contributed by atoms with Gasteiger partial charge in [-0.1, -0.05) is 22.9 Å². The van der Waals surface area contributed by atoms with Crippen LogP contribution < -0.4 is 10.6 Å². The Morgan fingerprint density at radius 1 is 1.35 bits per heavy atom. The first-order chi connectivity index (χ1) is 9.48. The monoisotopic (exact) mass is 346 g/mol. The van der Waals surface area contributed by atoms with E-state index in [9.17, 15) is 13.6 Å². The van der Waals surface area contributed by atoms with Crippen LogP contribution in [0.4, 0.5) is 14.5 Å². The van der Waals surface area contributed by atoms with Gasteiger partial charge in [0, 0.05) is 4.47 Å². The predicted octanol–water partition coefficient (Wildman–Crippen LogP) is 3.45. The third-order valence-electron chi connectivity index (χ3n) is 3.96. The summed E-state index contributed by atoms with van der Waals surface area (Å²) in [4.78, 5) is 12.4. The van der Waals surface area contributed by atoms with E-state index < -0.39 is 17.0 Å². The number of benzene rings is 1. The molecule has 1 aliphatic heterocycles. The van der Waals surface area contributed by atoms with Crippen molar-refractivity contribution in [1.82, 2.24) is 5.32 Å². The Bertz CT molecular complexity index is 493. The molecule has 6 heteroatoms. The number of anilines is 1. The zero-order chi connectivity index (χ0) is 14.8. The van der Waals surface area contributed by atoms with Gasteiger partial charge in [-0.2, -0.15) is 0 Å². The van der Waals surface area contributed by atoms with Crippen molar-refractivity contribution in [2.24, 2.45) is 5.41 Å². The van der Waals surface area contributed by atoms with Crippen molar-refractivity contribution in [3.8, 4) is 0 Å². The summed E-state index contributed by atoms with van der Waals surface area (Å²) in [7, 11) is 0. The Kier molecular flexibility index (Phi) is 4.75. The van der Waals surface area contributed by atoms with Crippen LogP contribution in [-0.2, 0) is 4.79 Å². The van der Waals surface area contributed by atoms with E-state index in [1.807, 2.05) is 6.92 Å². The van der Waals surface area contributed by atoms with Crippen LogP contribution >= 0.6 is 15.9 Å². The molecule has 2 rings (SSSR count). The Balaban J connectivity index is 2.23. The zero-order valence-corrected chi connectivity index (χ0v) is 12.8. The van der Waals surface area contributed by atoms with E-state index in [0.717, 1.165) is 25.2 Å². The summed E-state index contributed by atoms with van der Waals surface area (Å²) >= 11 is 3.01. The minimum absolute atomic E-state index is 0.303. The second kappa shape index (κ2) is 6.18. The smallest absolute Gasteiger partial charge is 0.230 e. The fourth-order valence-electron chi connectivity index (χ4n) is 2.55. The Labute approximate surface area is 125 Å². The quantitative estimate of drug-likeness (QED) is 0.880. The third-order valence-corrected chi connectivity index (χ3v) is 4.42. The summed E-state index contributed by atoms with van der Waals surface area (Å²) in [5.41, 5.74) is -0.915. The summed E-state index contributed by atoms with van der Waals surface area (Å²) < 4.78 is 27.8. The molecule has 0 saturated carbocycles. The molecule has 0 aliphatic carbocycles. The van der Waals surface area contributed by atoms with Crippen molar-refractivity contribution in [2.45, 2.75) is 26.2 Å². The van der Waals surface area contributed by atoms with Gasteiger partial charge in [0.2, 0.25) is 5.91 Å². The fraction of sp³-hybridized carbons (Fsp3) is 0.500. The molecule has 1 fully saturated rings. The van der Waals surface area contributed by atoms with Crippen molar-refractivity contribution < 1.29 is 13.6 Å². The second-order valence-electron chi connectivity index (χ2n) is 5.08. The molecule has 110 valence electrons. The highest BCUT2D eigenvalue weighted by Crippen LogP contribution is 2.35. The average molecular weight is 347 g/mol. The molecule has 2 N–H and O–H groups in total. The minimum Gasteiger partial charge on any atom is -0.321 e. The number of carbonyl (C=O) groups excluding carboxylic acids is 1. The van der Waals surface area contributed by atoms with Crippen LogP contribution in [0.15, 0.2) is 16.6 Å². The number of piperidine rings is 1. The van der Waals surface area contributed by atoms with Crippen molar-refractivity contribution in [3.05, 3.63) is 28.2 Å². The third kappa shape index (κ3) is 3.01. The molecular formula is C14H17BrF2N2O. The van der Waals surface area contributed by atoms with Gasteiger partial charge in [0.25, 0.3) is 0 Å². The van der Waals surface area contributed by atoms with Gasteiger partial charge in [-0.25, -0.2) is 8.78 Å². The molecule has 0 atom stereocenters.